The Labute approximate surface area is 114 Å². The van der Waals surface area contributed by atoms with Crippen LogP contribution in [0.15, 0.2) is 42.5 Å². The van der Waals surface area contributed by atoms with Crippen LogP contribution in [0.25, 0.3) is 0 Å². The maximum absolute atomic E-state index is 13.4. The third kappa shape index (κ3) is 3.54. The van der Waals surface area contributed by atoms with Crippen molar-refractivity contribution >= 4 is 5.91 Å². The average Bonchev–Trinajstić information content (AvgIpc) is 2.42. The fourth-order valence-corrected chi connectivity index (χ4v) is 1.79. The van der Waals surface area contributed by atoms with Gasteiger partial charge in [-0.1, -0.05) is 24.3 Å². The maximum atomic E-state index is 13.4. The molecule has 3 nitrogen and oxygen atoms in total. The van der Waals surface area contributed by atoms with Crippen LogP contribution >= 0.6 is 0 Å². The van der Waals surface area contributed by atoms with Crippen LogP contribution < -0.4 is 5.32 Å². The molecule has 0 unspecified atom stereocenters. The highest BCUT2D eigenvalue weighted by atomic mass is 19.2. The highest BCUT2D eigenvalue weighted by molar-refractivity contribution is 5.78. The fourth-order valence-electron chi connectivity index (χ4n) is 1.79. The van der Waals surface area contributed by atoms with Crippen molar-refractivity contribution in [3.63, 3.8) is 0 Å². The van der Waals surface area contributed by atoms with Gasteiger partial charge in [-0.2, -0.15) is 0 Å². The Balaban J connectivity index is 1.94. The minimum Gasteiger partial charge on any atom is -0.508 e. The summed E-state index contributed by atoms with van der Waals surface area (Å²) >= 11 is 0. The third-order valence-corrected chi connectivity index (χ3v) is 2.78. The highest BCUT2D eigenvalue weighted by Crippen LogP contribution is 2.13. The first-order chi connectivity index (χ1) is 9.56. The Bertz CT molecular complexity index is 629. The van der Waals surface area contributed by atoms with Gasteiger partial charge in [0.15, 0.2) is 11.6 Å². The van der Waals surface area contributed by atoms with Crippen molar-refractivity contribution in [1.82, 2.24) is 5.32 Å². The molecule has 0 heterocycles. The Morgan fingerprint density at radius 3 is 2.65 bits per heavy atom. The number of phenolic OH excluding ortho intramolecular Hbond substituents is 1. The largest absolute Gasteiger partial charge is 0.508 e. The molecule has 2 N–H and O–H groups in total. The number of halogens is 2. The quantitative estimate of drug-likeness (QED) is 0.902. The smallest absolute Gasteiger partial charge is 0.224 e. The highest BCUT2D eigenvalue weighted by Gasteiger charge is 2.11. The number of hydrogen-bond donors (Lipinski definition) is 2. The second-order valence-electron chi connectivity index (χ2n) is 4.34. The number of hydrogen-bond acceptors (Lipinski definition) is 2. The van der Waals surface area contributed by atoms with E-state index in [1.807, 2.05) is 0 Å². The molecule has 1 amide bonds. The normalized spacial score (nSPS) is 10.3. The summed E-state index contributed by atoms with van der Waals surface area (Å²) in [5.74, 6) is -2.28. The van der Waals surface area contributed by atoms with Gasteiger partial charge in [0.2, 0.25) is 5.91 Å². The number of benzene rings is 2. The van der Waals surface area contributed by atoms with Crippen molar-refractivity contribution in [2.45, 2.75) is 13.0 Å². The first kappa shape index (κ1) is 14.0. The second-order valence-corrected chi connectivity index (χ2v) is 4.34. The summed E-state index contributed by atoms with van der Waals surface area (Å²) in [6, 6.07) is 10.2. The van der Waals surface area contributed by atoms with E-state index in [4.69, 9.17) is 0 Å². The van der Waals surface area contributed by atoms with Crippen molar-refractivity contribution in [2.75, 3.05) is 0 Å². The van der Waals surface area contributed by atoms with Gasteiger partial charge in [-0.15, -0.1) is 0 Å². The number of aromatic hydroxyl groups is 1. The molecule has 0 saturated heterocycles. The molecule has 0 fully saturated rings. The van der Waals surface area contributed by atoms with E-state index in [0.29, 0.717) is 0 Å². The van der Waals surface area contributed by atoms with Crippen LogP contribution in [-0.4, -0.2) is 11.0 Å². The van der Waals surface area contributed by atoms with E-state index >= 15 is 0 Å². The number of amides is 1. The average molecular weight is 277 g/mol. The molecule has 0 aliphatic heterocycles. The summed E-state index contributed by atoms with van der Waals surface area (Å²) in [5.41, 5.74) is 0.733. The molecule has 0 spiro atoms. The van der Waals surface area contributed by atoms with E-state index in [2.05, 4.69) is 5.32 Å². The Morgan fingerprint density at radius 2 is 1.90 bits per heavy atom. The number of phenols is 1. The summed E-state index contributed by atoms with van der Waals surface area (Å²) in [7, 11) is 0. The van der Waals surface area contributed by atoms with Gasteiger partial charge in [0.25, 0.3) is 0 Å². The lowest BCUT2D eigenvalue weighted by Gasteiger charge is -2.07. The van der Waals surface area contributed by atoms with Crippen LogP contribution in [0.3, 0.4) is 0 Å². The molecule has 2 rings (SSSR count). The van der Waals surface area contributed by atoms with Gasteiger partial charge in [-0.25, -0.2) is 8.78 Å². The van der Waals surface area contributed by atoms with Crippen LogP contribution in [0.4, 0.5) is 8.78 Å². The molecular weight excluding hydrogens is 264 g/mol. The van der Waals surface area contributed by atoms with Gasteiger partial charge in [0, 0.05) is 12.1 Å². The van der Waals surface area contributed by atoms with E-state index in [9.17, 15) is 18.7 Å². The number of carbonyl (C=O) groups is 1. The summed E-state index contributed by atoms with van der Waals surface area (Å²) in [6.45, 7) is 0.212. The van der Waals surface area contributed by atoms with Gasteiger partial charge >= 0.3 is 0 Å². The topological polar surface area (TPSA) is 49.3 Å². The van der Waals surface area contributed by atoms with Gasteiger partial charge in [0.1, 0.15) is 5.75 Å². The van der Waals surface area contributed by atoms with E-state index in [1.165, 1.54) is 24.3 Å². The first-order valence-electron chi connectivity index (χ1n) is 6.04. The first-order valence-corrected chi connectivity index (χ1v) is 6.04. The molecule has 104 valence electrons. The molecule has 0 saturated carbocycles. The maximum Gasteiger partial charge on any atom is 0.224 e. The van der Waals surface area contributed by atoms with Gasteiger partial charge in [-0.05, 0) is 23.8 Å². The monoisotopic (exact) mass is 277 g/mol. The molecule has 0 bridgehead atoms. The zero-order valence-corrected chi connectivity index (χ0v) is 10.6. The van der Waals surface area contributed by atoms with Crippen molar-refractivity contribution in [3.8, 4) is 5.75 Å². The molecule has 0 radical (unpaired) electrons. The fraction of sp³-hybridized carbons (Fsp3) is 0.133. The number of rotatable bonds is 4. The molecule has 20 heavy (non-hydrogen) atoms. The van der Waals surface area contributed by atoms with E-state index < -0.39 is 17.5 Å². The molecule has 0 aliphatic carbocycles. The molecule has 2 aromatic rings. The van der Waals surface area contributed by atoms with Crippen LogP contribution in [-0.2, 0) is 17.8 Å². The minimum absolute atomic E-state index is 0.0124. The van der Waals surface area contributed by atoms with E-state index in [1.54, 1.807) is 12.1 Å². The Hall–Kier alpha value is -2.43. The lowest BCUT2D eigenvalue weighted by molar-refractivity contribution is -0.120. The van der Waals surface area contributed by atoms with Crippen LogP contribution in [0.5, 0.6) is 5.75 Å². The second kappa shape index (κ2) is 6.14. The number of nitrogens with one attached hydrogen (secondary N) is 1. The van der Waals surface area contributed by atoms with E-state index in [-0.39, 0.29) is 24.3 Å². The van der Waals surface area contributed by atoms with Crippen molar-refractivity contribution in [3.05, 3.63) is 65.2 Å². The summed E-state index contributed by atoms with van der Waals surface area (Å²) in [6.07, 6.45) is -0.234. The molecule has 2 aromatic carbocycles. The molecule has 0 aromatic heterocycles. The zero-order chi connectivity index (χ0) is 14.5. The molecule has 5 heteroatoms. The van der Waals surface area contributed by atoms with Gasteiger partial charge < -0.3 is 10.4 Å². The van der Waals surface area contributed by atoms with E-state index in [0.717, 1.165) is 11.6 Å². The number of carbonyl (C=O) groups excluding carboxylic acids is 1. The Morgan fingerprint density at radius 1 is 1.15 bits per heavy atom. The summed E-state index contributed by atoms with van der Waals surface area (Å²) in [4.78, 5) is 11.7. The lowest BCUT2D eigenvalue weighted by Crippen LogP contribution is -2.25. The SMILES string of the molecule is O=C(Cc1cccc(F)c1F)NCc1cccc(O)c1. The minimum atomic E-state index is -1.000. The van der Waals surface area contributed by atoms with Gasteiger partial charge in [0.05, 0.1) is 6.42 Å². The molecule has 0 atom stereocenters. The van der Waals surface area contributed by atoms with Crippen molar-refractivity contribution in [1.29, 1.82) is 0 Å². The predicted molar refractivity (Wildman–Crippen MR) is 70.0 cm³/mol. The van der Waals surface area contributed by atoms with Gasteiger partial charge in [-0.3, -0.25) is 4.79 Å². The zero-order valence-electron chi connectivity index (χ0n) is 10.6. The lowest BCUT2D eigenvalue weighted by atomic mass is 10.1. The standard InChI is InChI=1S/C15H13F2NO2/c16-13-6-2-4-11(15(13)17)8-14(20)18-9-10-3-1-5-12(19)7-10/h1-7,19H,8-9H2,(H,18,20). The predicted octanol–water partition coefficient (Wildman–Crippen LogP) is 2.53. The van der Waals surface area contributed by atoms with Crippen LogP contribution in [0.1, 0.15) is 11.1 Å². The van der Waals surface area contributed by atoms with Crippen molar-refractivity contribution < 1.29 is 18.7 Å². The Kier molecular flexibility index (Phi) is 4.30. The van der Waals surface area contributed by atoms with Crippen molar-refractivity contribution in [2.24, 2.45) is 0 Å². The molecular formula is C15H13F2NO2. The third-order valence-electron chi connectivity index (χ3n) is 2.78. The van der Waals surface area contributed by atoms with Crippen LogP contribution in [0, 0.1) is 11.6 Å². The molecule has 0 aliphatic rings. The van der Waals surface area contributed by atoms with Crippen LogP contribution in [0.2, 0.25) is 0 Å². The summed E-state index contributed by atoms with van der Waals surface area (Å²) < 4.78 is 26.4. The summed E-state index contributed by atoms with van der Waals surface area (Å²) in [5, 5.41) is 11.9.